The molecule has 0 radical (unpaired) electrons. The van der Waals surface area contributed by atoms with Crippen LogP contribution < -0.4 is 4.74 Å². The summed E-state index contributed by atoms with van der Waals surface area (Å²) in [5, 5.41) is 11.7. The summed E-state index contributed by atoms with van der Waals surface area (Å²) in [5.74, 6) is 0.936. The van der Waals surface area contributed by atoms with Gasteiger partial charge in [0.15, 0.2) is 0 Å². The monoisotopic (exact) mass is 277 g/mol. The van der Waals surface area contributed by atoms with E-state index in [-0.39, 0.29) is 0 Å². The van der Waals surface area contributed by atoms with Crippen molar-refractivity contribution in [1.29, 1.82) is 0 Å². The van der Waals surface area contributed by atoms with Crippen LogP contribution in [0.25, 0.3) is 10.9 Å². The number of aromatic nitrogens is 1. The first-order chi connectivity index (χ1) is 10.3. The third-order valence-corrected chi connectivity index (χ3v) is 4.01. The number of pyridine rings is 1. The summed E-state index contributed by atoms with van der Waals surface area (Å²) in [4.78, 5) is 4.34. The zero-order chi connectivity index (χ0) is 14.2. The predicted octanol–water partition coefficient (Wildman–Crippen LogP) is 3.25. The van der Waals surface area contributed by atoms with E-state index in [1.165, 1.54) is 5.56 Å². The molecular formula is C18H15NO2. The van der Waals surface area contributed by atoms with Crippen molar-refractivity contribution in [2.45, 2.75) is 12.5 Å². The van der Waals surface area contributed by atoms with Crippen molar-refractivity contribution in [2.75, 3.05) is 6.61 Å². The maximum Gasteiger partial charge on any atom is 0.122 e. The summed E-state index contributed by atoms with van der Waals surface area (Å²) in [6.45, 7) is 0.729. The maximum absolute atomic E-state index is 10.8. The van der Waals surface area contributed by atoms with Crippen LogP contribution in [0, 0.1) is 0 Å². The van der Waals surface area contributed by atoms with Crippen LogP contribution in [-0.2, 0) is 6.42 Å². The molecule has 3 nitrogen and oxygen atoms in total. The zero-order valence-corrected chi connectivity index (χ0v) is 11.5. The minimum atomic E-state index is -0.649. The molecule has 0 saturated carbocycles. The van der Waals surface area contributed by atoms with E-state index in [0.717, 1.165) is 40.8 Å². The van der Waals surface area contributed by atoms with Crippen molar-refractivity contribution >= 4 is 10.9 Å². The highest BCUT2D eigenvalue weighted by molar-refractivity contribution is 5.82. The molecule has 2 heterocycles. The molecular weight excluding hydrogens is 262 g/mol. The normalized spacial score (nSPS) is 14.7. The minimum Gasteiger partial charge on any atom is -0.493 e. The van der Waals surface area contributed by atoms with Gasteiger partial charge in [-0.2, -0.15) is 0 Å². The average molecular weight is 277 g/mol. The lowest BCUT2D eigenvalue weighted by atomic mass is 9.96. The molecule has 1 N–H and O–H groups in total. The van der Waals surface area contributed by atoms with Gasteiger partial charge in [-0.25, -0.2) is 0 Å². The highest BCUT2D eigenvalue weighted by Gasteiger charge is 2.18. The van der Waals surface area contributed by atoms with E-state index in [4.69, 9.17) is 4.74 Å². The second kappa shape index (κ2) is 4.86. The van der Waals surface area contributed by atoms with Gasteiger partial charge in [0.2, 0.25) is 0 Å². The fourth-order valence-corrected chi connectivity index (χ4v) is 2.91. The largest absolute Gasteiger partial charge is 0.493 e. The number of ether oxygens (including phenoxy) is 1. The van der Waals surface area contributed by atoms with Gasteiger partial charge < -0.3 is 9.84 Å². The molecule has 2 aromatic carbocycles. The molecule has 0 bridgehead atoms. The Hall–Kier alpha value is -2.39. The lowest BCUT2D eigenvalue weighted by Crippen LogP contribution is -2.01. The van der Waals surface area contributed by atoms with Gasteiger partial charge in [-0.1, -0.05) is 24.3 Å². The van der Waals surface area contributed by atoms with Crippen molar-refractivity contribution in [3.63, 3.8) is 0 Å². The fraction of sp³-hybridized carbons (Fsp3) is 0.167. The van der Waals surface area contributed by atoms with Gasteiger partial charge >= 0.3 is 0 Å². The molecule has 0 fully saturated rings. The van der Waals surface area contributed by atoms with Crippen LogP contribution in [0.15, 0.2) is 54.7 Å². The summed E-state index contributed by atoms with van der Waals surface area (Å²) in [7, 11) is 0. The number of rotatable bonds is 2. The number of hydrogen-bond acceptors (Lipinski definition) is 3. The van der Waals surface area contributed by atoms with Crippen molar-refractivity contribution in [2.24, 2.45) is 0 Å². The van der Waals surface area contributed by atoms with Gasteiger partial charge in [0.05, 0.1) is 12.1 Å². The summed E-state index contributed by atoms with van der Waals surface area (Å²) in [6.07, 6.45) is 2.01. The Balaban J connectivity index is 1.81. The first-order valence-electron chi connectivity index (χ1n) is 7.10. The van der Waals surface area contributed by atoms with Gasteiger partial charge in [0.1, 0.15) is 11.9 Å². The molecule has 1 aliphatic heterocycles. The third-order valence-electron chi connectivity index (χ3n) is 4.01. The van der Waals surface area contributed by atoms with Gasteiger partial charge in [-0.3, -0.25) is 4.98 Å². The lowest BCUT2D eigenvalue weighted by Gasteiger charge is -2.14. The summed E-state index contributed by atoms with van der Waals surface area (Å²) >= 11 is 0. The molecule has 0 aliphatic carbocycles. The number of aliphatic hydroxyl groups excluding tert-OH is 1. The standard InChI is InChI=1S/C18H15NO2/c20-18(13-5-6-17-12(11-13)8-10-21-17)15-7-9-19-16-4-2-1-3-14(15)16/h1-7,9,11,18,20H,8,10H2. The molecule has 0 spiro atoms. The Morgan fingerprint density at radius 1 is 1.10 bits per heavy atom. The van der Waals surface area contributed by atoms with E-state index in [1.807, 2.05) is 48.5 Å². The highest BCUT2D eigenvalue weighted by atomic mass is 16.5. The Morgan fingerprint density at radius 3 is 2.95 bits per heavy atom. The molecule has 3 aromatic rings. The van der Waals surface area contributed by atoms with Crippen molar-refractivity contribution in [1.82, 2.24) is 4.98 Å². The van der Waals surface area contributed by atoms with Crippen LogP contribution in [-0.4, -0.2) is 16.7 Å². The SMILES string of the molecule is OC(c1ccc2c(c1)CCO2)c1ccnc2ccccc12. The average Bonchev–Trinajstić information content (AvgIpc) is 3.01. The molecule has 1 unspecified atom stereocenters. The summed E-state index contributed by atoms with van der Waals surface area (Å²) in [5.41, 5.74) is 3.86. The number of para-hydroxylation sites is 1. The van der Waals surface area contributed by atoms with Gasteiger partial charge in [0.25, 0.3) is 0 Å². The third kappa shape index (κ3) is 2.06. The van der Waals surface area contributed by atoms with E-state index >= 15 is 0 Å². The topological polar surface area (TPSA) is 42.4 Å². The van der Waals surface area contributed by atoms with Crippen LogP contribution in [0.5, 0.6) is 5.75 Å². The van der Waals surface area contributed by atoms with Gasteiger partial charge in [-0.15, -0.1) is 0 Å². The number of hydrogen-bond donors (Lipinski definition) is 1. The second-order valence-corrected chi connectivity index (χ2v) is 5.29. The minimum absolute atomic E-state index is 0.649. The Kier molecular flexibility index (Phi) is 2.86. The van der Waals surface area contributed by atoms with E-state index in [9.17, 15) is 5.11 Å². The first-order valence-corrected chi connectivity index (χ1v) is 7.10. The molecule has 3 heteroatoms. The Labute approximate surface area is 122 Å². The van der Waals surface area contributed by atoms with E-state index in [0.29, 0.717) is 0 Å². The first kappa shape index (κ1) is 12.4. The van der Waals surface area contributed by atoms with Crippen LogP contribution >= 0.6 is 0 Å². The lowest BCUT2D eigenvalue weighted by molar-refractivity contribution is 0.221. The van der Waals surface area contributed by atoms with Crippen LogP contribution in [0.3, 0.4) is 0 Å². The molecule has 1 atom stereocenters. The van der Waals surface area contributed by atoms with Gasteiger partial charge in [0, 0.05) is 18.0 Å². The number of benzene rings is 2. The quantitative estimate of drug-likeness (QED) is 0.782. The van der Waals surface area contributed by atoms with Crippen LogP contribution in [0.4, 0.5) is 0 Å². The molecule has 0 saturated heterocycles. The fourth-order valence-electron chi connectivity index (χ4n) is 2.91. The molecule has 0 amide bonds. The van der Waals surface area contributed by atoms with E-state index in [1.54, 1.807) is 6.20 Å². The number of nitrogens with zero attached hydrogens (tertiary/aromatic N) is 1. The maximum atomic E-state index is 10.8. The van der Waals surface area contributed by atoms with Crippen molar-refractivity contribution < 1.29 is 9.84 Å². The summed E-state index contributed by atoms with van der Waals surface area (Å²) in [6, 6.07) is 15.7. The van der Waals surface area contributed by atoms with E-state index in [2.05, 4.69) is 4.98 Å². The second-order valence-electron chi connectivity index (χ2n) is 5.29. The molecule has 104 valence electrons. The summed E-state index contributed by atoms with van der Waals surface area (Å²) < 4.78 is 5.52. The molecule has 21 heavy (non-hydrogen) atoms. The molecule has 4 rings (SSSR count). The van der Waals surface area contributed by atoms with Crippen LogP contribution in [0.1, 0.15) is 22.8 Å². The highest BCUT2D eigenvalue weighted by Crippen LogP contribution is 2.32. The Morgan fingerprint density at radius 2 is 2.00 bits per heavy atom. The van der Waals surface area contributed by atoms with Gasteiger partial charge in [-0.05, 0) is 41.0 Å². The number of aliphatic hydroxyl groups is 1. The predicted molar refractivity (Wildman–Crippen MR) is 81.4 cm³/mol. The Bertz CT molecular complexity index is 808. The molecule has 1 aliphatic rings. The zero-order valence-electron chi connectivity index (χ0n) is 11.5. The number of fused-ring (bicyclic) bond motifs is 2. The van der Waals surface area contributed by atoms with Crippen molar-refractivity contribution in [3.8, 4) is 5.75 Å². The van der Waals surface area contributed by atoms with E-state index < -0.39 is 6.10 Å². The van der Waals surface area contributed by atoms with Crippen molar-refractivity contribution in [3.05, 3.63) is 71.4 Å². The molecule has 1 aromatic heterocycles. The van der Waals surface area contributed by atoms with Crippen LogP contribution in [0.2, 0.25) is 0 Å². The smallest absolute Gasteiger partial charge is 0.122 e.